The molecule has 2 aliphatic heterocycles. The number of aromatic nitrogens is 1. The molecule has 0 aliphatic carbocycles. The van der Waals surface area contributed by atoms with Crippen LogP contribution >= 0.6 is 35.5 Å². The van der Waals surface area contributed by atoms with Gasteiger partial charge in [0, 0.05) is 16.7 Å². The van der Waals surface area contributed by atoms with Gasteiger partial charge in [-0.3, -0.25) is 14.5 Å². The first kappa shape index (κ1) is 26.2. The number of ether oxygens (including phenoxy) is 1. The Morgan fingerprint density at radius 1 is 1.39 bits per heavy atom. The number of carbonyl (C=O) groups excluding carboxylic acids is 3. The van der Waals surface area contributed by atoms with Crippen LogP contribution in [0, 0.1) is 0 Å². The van der Waals surface area contributed by atoms with Gasteiger partial charge in [-0.2, -0.15) is 0 Å². The zero-order chi connectivity index (χ0) is 23.4. The number of amides is 3. The van der Waals surface area contributed by atoms with Gasteiger partial charge in [-0.15, -0.1) is 35.5 Å². The third-order valence-electron chi connectivity index (χ3n) is 4.24. The summed E-state index contributed by atoms with van der Waals surface area (Å²) in [6, 6.07) is -1.04. The Morgan fingerprint density at radius 2 is 2.12 bits per heavy atom. The van der Waals surface area contributed by atoms with Gasteiger partial charge in [0.1, 0.15) is 36.0 Å². The second kappa shape index (κ2) is 11.2. The Bertz CT molecular complexity index is 1010. The van der Waals surface area contributed by atoms with Crippen molar-refractivity contribution >= 4 is 70.2 Å². The van der Waals surface area contributed by atoms with E-state index < -0.39 is 35.3 Å². The van der Waals surface area contributed by atoms with E-state index >= 15 is 0 Å². The number of nitrogens with zero attached hydrogens (tertiary/aromatic N) is 3. The van der Waals surface area contributed by atoms with E-state index in [0.717, 1.165) is 16.2 Å². The fraction of sp³-hybridized carbons (Fsp3) is 0.375. The molecular formula is C16H19ClN6O8S2. The molecule has 0 saturated carbocycles. The number of hydrogen-bond donors (Lipinski definition) is 5. The molecule has 1 unspecified atom stereocenters. The number of aliphatic hydroxyl groups excluding tert-OH is 1. The van der Waals surface area contributed by atoms with Crippen LogP contribution in [0.1, 0.15) is 5.69 Å². The van der Waals surface area contributed by atoms with Crippen LogP contribution in [0.15, 0.2) is 21.8 Å². The van der Waals surface area contributed by atoms with Gasteiger partial charge in [0.2, 0.25) is 0 Å². The second-order valence-corrected chi connectivity index (χ2v) is 8.29. The third-order valence-corrected chi connectivity index (χ3v) is 6.26. The van der Waals surface area contributed by atoms with Crippen LogP contribution in [0.2, 0.25) is 0 Å². The molecule has 14 nitrogen and oxygen atoms in total. The van der Waals surface area contributed by atoms with Crippen LogP contribution in [0.3, 0.4) is 0 Å². The number of hydrogen-bond acceptors (Lipinski definition) is 12. The van der Waals surface area contributed by atoms with Crippen molar-refractivity contribution < 1.29 is 39.0 Å². The summed E-state index contributed by atoms with van der Waals surface area (Å²) in [7, 11) is 0. The Kier molecular flexibility index (Phi) is 8.86. The highest BCUT2D eigenvalue weighted by molar-refractivity contribution is 8.00. The van der Waals surface area contributed by atoms with Crippen molar-refractivity contribution in [2.75, 3.05) is 31.3 Å². The van der Waals surface area contributed by atoms with Gasteiger partial charge >= 0.3 is 12.1 Å². The van der Waals surface area contributed by atoms with Gasteiger partial charge in [-0.05, 0) is 0 Å². The maximum atomic E-state index is 12.8. The molecule has 0 aromatic carbocycles. The average Bonchev–Trinajstić information content (AvgIpc) is 3.18. The molecule has 33 heavy (non-hydrogen) atoms. The van der Waals surface area contributed by atoms with Gasteiger partial charge in [-0.25, -0.2) is 14.6 Å². The zero-order valence-electron chi connectivity index (χ0n) is 16.6. The second-order valence-electron chi connectivity index (χ2n) is 6.29. The number of carbonyl (C=O) groups is 4. The molecule has 1 saturated heterocycles. The zero-order valence-corrected chi connectivity index (χ0v) is 19.1. The minimum absolute atomic E-state index is 0. The normalized spacial score (nSPS) is 19.7. The van der Waals surface area contributed by atoms with Crippen LogP contribution in [0.4, 0.5) is 9.93 Å². The lowest BCUT2D eigenvalue weighted by Gasteiger charge is -2.49. The van der Waals surface area contributed by atoms with Gasteiger partial charge in [0.05, 0.1) is 6.61 Å². The molecule has 180 valence electrons. The number of nitrogens with one attached hydrogen (secondary N) is 1. The largest absolute Gasteiger partial charge is 0.477 e. The monoisotopic (exact) mass is 522 g/mol. The van der Waals surface area contributed by atoms with Gasteiger partial charge < -0.3 is 36.6 Å². The number of nitrogens with two attached hydrogens (primary N) is 2. The summed E-state index contributed by atoms with van der Waals surface area (Å²) in [5, 5.41) is 25.5. The first-order valence-electron chi connectivity index (χ1n) is 8.89. The standard InChI is InChI=1S/C16H18N6O8S2.ClH/c17-15-19-7(5-32-15)8(21-30-2-1-23)11(24)20-9-12(25)22-10(14(26)27)6(3-29-16(18)28)4-31-13(9)22;/h5,9,13,23H,1-4H2,(H2,17,19)(H2,18,28)(H,20,24)(H,26,27);1H/t9?,13-;/m1./s1. The number of β-lactam (4-membered cyclic amide) rings is 1. The summed E-state index contributed by atoms with van der Waals surface area (Å²) in [5.74, 6) is -2.71. The van der Waals surface area contributed by atoms with Crippen molar-refractivity contribution in [3.63, 3.8) is 0 Å². The van der Waals surface area contributed by atoms with Crippen molar-refractivity contribution in [2.45, 2.75) is 11.4 Å². The molecule has 1 aromatic heterocycles. The van der Waals surface area contributed by atoms with Crippen molar-refractivity contribution in [1.82, 2.24) is 15.2 Å². The minimum atomic E-state index is -1.38. The Morgan fingerprint density at radius 3 is 2.70 bits per heavy atom. The lowest BCUT2D eigenvalue weighted by Crippen LogP contribution is -2.71. The summed E-state index contributed by atoms with van der Waals surface area (Å²) < 4.78 is 4.66. The van der Waals surface area contributed by atoms with E-state index in [1.165, 1.54) is 17.1 Å². The lowest BCUT2D eigenvalue weighted by atomic mass is 10.0. The molecule has 0 spiro atoms. The summed E-state index contributed by atoms with van der Waals surface area (Å²) in [5.41, 5.74) is 10.2. The number of fused-ring (bicyclic) bond motifs is 1. The third kappa shape index (κ3) is 5.65. The minimum Gasteiger partial charge on any atom is -0.477 e. The number of aliphatic hydroxyl groups is 1. The van der Waals surface area contributed by atoms with Gasteiger partial charge in [0.25, 0.3) is 11.8 Å². The molecule has 1 fully saturated rings. The Hall–Kier alpha value is -3.08. The number of rotatable bonds is 9. The topological polar surface area (TPSA) is 220 Å². The van der Waals surface area contributed by atoms with E-state index in [1.54, 1.807) is 0 Å². The number of carboxylic acid groups (broad SMARTS) is 1. The predicted molar refractivity (Wildman–Crippen MR) is 119 cm³/mol. The number of thioether (sulfide) groups is 1. The van der Waals surface area contributed by atoms with E-state index in [4.69, 9.17) is 21.4 Å². The number of anilines is 1. The molecule has 1 aromatic rings. The maximum absolute atomic E-state index is 12.8. The molecule has 3 heterocycles. The highest BCUT2D eigenvalue weighted by atomic mass is 35.5. The number of oxime groups is 1. The number of primary amides is 1. The molecule has 2 atom stereocenters. The number of halogens is 1. The fourth-order valence-corrected chi connectivity index (χ4v) is 4.79. The maximum Gasteiger partial charge on any atom is 0.404 e. The van der Waals surface area contributed by atoms with E-state index in [1.807, 2.05) is 0 Å². The molecular weight excluding hydrogens is 504 g/mol. The van der Waals surface area contributed by atoms with Crippen LogP contribution in [-0.2, 0) is 24.0 Å². The lowest BCUT2D eigenvalue weighted by molar-refractivity contribution is -0.150. The average molecular weight is 523 g/mol. The number of aliphatic carboxylic acids is 1. The molecule has 0 bridgehead atoms. The quantitative estimate of drug-likeness (QED) is 0.111. The summed E-state index contributed by atoms with van der Waals surface area (Å²) in [4.78, 5) is 57.9. The summed E-state index contributed by atoms with van der Waals surface area (Å²) in [6.45, 7) is -0.881. The van der Waals surface area contributed by atoms with Crippen LogP contribution in [0.25, 0.3) is 0 Å². The van der Waals surface area contributed by atoms with Crippen LogP contribution in [0.5, 0.6) is 0 Å². The van der Waals surface area contributed by atoms with E-state index in [0.29, 0.717) is 0 Å². The molecule has 0 radical (unpaired) electrons. The molecule has 3 amide bonds. The van der Waals surface area contributed by atoms with Crippen molar-refractivity contribution in [1.29, 1.82) is 0 Å². The number of thiazole rings is 1. The summed E-state index contributed by atoms with van der Waals surface area (Å²) >= 11 is 2.24. The van der Waals surface area contributed by atoms with Gasteiger partial charge in [-0.1, -0.05) is 5.16 Å². The molecule has 7 N–H and O–H groups in total. The van der Waals surface area contributed by atoms with Crippen LogP contribution < -0.4 is 16.8 Å². The summed E-state index contributed by atoms with van der Waals surface area (Å²) in [6.07, 6.45) is -1.08. The van der Waals surface area contributed by atoms with E-state index in [2.05, 4.69) is 20.2 Å². The predicted octanol–water partition coefficient (Wildman–Crippen LogP) is -1.31. The Balaban J connectivity index is 0.00000385. The Labute approximate surface area is 200 Å². The van der Waals surface area contributed by atoms with Gasteiger partial charge in [0.15, 0.2) is 10.8 Å². The number of carboxylic acids is 1. The first-order chi connectivity index (χ1) is 15.2. The molecule has 17 heteroatoms. The van der Waals surface area contributed by atoms with E-state index in [9.17, 15) is 24.3 Å². The highest BCUT2D eigenvalue weighted by Gasteiger charge is 2.54. The van der Waals surface area contributed by atoms with Crippen molar-refractivity contribution in [3.05, 3.63) is 22.3 Å². The molecule has 3 rings (SSSR count). The SMILES string of the molecule is Cl.NC(=O)OCC1=C(C(=O)O)N2C(=O)C(NC(=O)C(=NOCCO)c3csc(N)n3)[C@H]2SC1. The molecule has 2 aliphatic rings. The van der Waals surface area contributed by atoms with E-state index in [-0.39, 0.29) is 65.8 Å². The first-order valence-corrected chi connectivity index (χ1v) is 10.8. The smallest absolute Gasteiger partial charge is 0.404 e. The van der Waals surface area contributed by atoms with Crippen LogP contribution in [-0.4, -0.2) is 86.7 Å². The fourth-order valence-electron chi connectivity index (χ4n) is 2.91. The highest BCUT2D eigenvalue weighted by Crippen LogP contribution is 2.40. The van der Waals surface area contributed by atoms with Crippen molar-refractivity contribution in [3.8, 4) is 0 Å². The van der Waals surface area contributed by atoms with Crippen molar-refractivity contribution in [2.24, 2.45) is 10.9 Å². The number of nitrogen functional groups attached to an aromatic ring is 1.